The summed E-state index contributed by atoms with van der Waals surface area (Å²) < 4.78 is 11.5. The van der Waals surface area contributed by atoms with Crippen LogP contribution in [-0.2, 0) is 0 Å². The van der Waals surface area contributed by atoms with Crippen molar-refractivity contribution in [3.63, 3.8) is 0 Å². The maximum absolute atomic E-state index is 12.7. The first-order valence-corrected chi connectivity index (χ1v) is 9.43. The molecule has 1 aliphatic rings. The van der Waals surface area contributed by atoms with Gasteiger partial charge in [0.15, 0.2) is 5.43 Å². The van der Waals surface area contributed by atoms with Gasteiger partial charge in [0.25, 0.3) is 0 Å². The van der Waals surface area contributed by atoms with Crippen LogP contribution in [0.5, 0.6) is 5.75 Å². The summed E-state index contributed by atoms with van der Waals surface area (Å²) in [5, 5.41) is 4.06. The normalized spacial score (nSPS) is 17.3. The van der Waals surface area contributed by atoms with E-state index < -0.39 is 0 Å². The predicted octanol–water partition coefficient (Wildman–Crippen LogP) is 3.66. The van der Waals surface area contributed by atoms with E-state index in [0.29, 0.717) is 29.4 Å². The van der Waals surface area contributed by atoms with E-state index in [9.17, 15) is 4.79 Å². The highest BCUT2D eigenvalue weighted by molar-refractivity contribution is 5.82. The molecule has 1 saturated heterocycles. The maximum atomic E-state index is 12.7. The SMILES string of the molecule is CCOc1ccc(-c2cc(=O)c3cc(N4CCN[C@H](C)C4)ccc3o2)cc1. The lowest BCUT2D eigenvalue weighted by atomic mass is 10.1. The van der Waals surface area contributed by atoms with Gasteiger partial charge in [-0.15, -0.1) is 0 Å². The summed E-state index contributed by atoms with van der Waals surface area (Å²) in [5.74, 6) is 1.37. The molecule has 1 aromatic heterocycles. The molecule has 1 fully saturated rings. The molecule has 2 aromatic carbocycles. The first kappa shape index (κ1) is 17.6. The van der Waals surface area contributed by atoms with Crippen molar-refractivity contribution in [1.29, 1.82) is 0 Å². The molecular formula is C22H24N2O3. The Labute approximate surface area is 158 Å². The van der Waals surface area contributed by atoms with Crippen molar-refractivity contribution in [2.24, 2.45) is 0 Å². The highest BCUT2D eigenvalue weighted by atomic mass is 16.5. The van der Waals surface area contributed by atoms with Crippen LogP contribution in [0.15, 0.2) is 57.7 Å². The van der Waals surface area contributed by atoms with Crippen LogP contribution in [0.2, 0.25) is 0 Å². The van der Waals surface area contributed by atoms with Crippen molar-refractivity contribution in [3.05, 3.63) is 58.8 Å². The molecular weight excluding hydrogens is 340 g/mol. The van der Waals surface area contributed by atoms with Crippen LogP contribution >= 0.6 is 0 Å². The second-order valence-corrected chi connectivity index (χ2v) is 6.91. The molecule has 0 saturated carbocycles. The molecule has 1 atom stereocenters. The fourth-order valence-electron chi connectivity index (χ4n) is 3.53. The van der Waals surface area contributed by atoms with Gasteiger partial charge in [-0.3, -0.25) is 4.79 Å². The third-order valence-corrected chi connectivity index (χ3v) is 4.89. The Morgan fingerprint density at radius 1 is 1.19 bits per heavy atom. The molecule has 4 rings (SSSR count). The number of anilines is 1. The Balaban J connectivity index is 1.68. The third-order valence-electron chi connectivity index (χ3n) is 4.89. The quantitative estimate of drug-likeness (QED) is 0.766. The van der Waals surface area contributed by atoms with Gasteiger partial charge in [-0.05, 0) is 56.3 Å². The summed E-state index contributed by atoms with van der Waals surface area (Å²) >= 11 is 0. The topological polar surface area (TPSA) is 54.7 Å². The van der Waals surface area contributed by atoms with E-state index in [-0.39, 0.29) is 5.43 Å². The van der Waals surface area contributed by atoms with Crippen LogP contribution in [0.4, 0.5) is 5.69 Å². The Morgan fingerprint density at radius 3 is 2.74 bits per heavy atom. The van der Waals surface area contributed by atoms with E-state index in [1.807, 2.05) is 49.4 Å². The van der Waals surface area contributed by atoms with Gasteiger partial charge in [-0.1, -0.05) is 0 Å². The van der Waals surface area contributed by atoms with Crippen LogP contribution in [0.1, 0.15) is 13.8 Å². The largest absolute Gasteiger partial charge is 0.494 e. The fraction of sp³-hybridized carbons (Fsp3) is 0.318. The number of hydrogen-bond donors (Lipinski definition) is 1. The zero-order valence-electron chi connectivity index (χ0n) is 15.7. The molecule has 0 unspecified atom stereocenters. The lowest BCUT2D eigenvalue weighted by molar-refractivity contribution is 0.340. The van der Waals surface area contributed by atoms with E-state index in [2.05, 4.69) is 17.1 Å². The van der Waals surface area contributed by atoms with Gasteiger partial charge in [-0.25, -0.2) is 0 Å². The second-order valence-electron chi connectivity index (χ2n) is 6.91. The minimum absolute atomic E-state index is 0.0230. The van der Waals surface area contributed by atoms with E-state index in [4.69, 9.17) is 9.15 Å². The third kappa shape index (κ3) is 3.69. The molecule has 1 aliphatic heterocycles. The average molecular weight is 364 g/mol. The van der Waals surface area contributed by atoms with Crippen molar-refractivity contribution >= 4 is 16.7 Å². The van der Waals surface area contributed by atoms with Crippen molar-refractivity contribution in [2.75, 3.05) is 31.1 Å². The zero-order chi connectivity index (χ0) is 18.8. The molecule has 0 aliphatic carbocycles. The molecule has 3 aromatic rings. The molecule has 0 radical (unpaired) electrons. The maximum Gasteiger partial charge on any atom is 0.193 e. The molecule has 5 heteroatoms. The molecule has 140 valence electrons. The van der Waals surface area contributed by atoms with Crippen molar-refractivity contribution in [1.82, 2.24) is 5.32 Å². The Kier molecular flexibility index (Phi) is 4.86. The standard InChI is InChI=1S/C22H24N2O3/c1-3-26-18-7-4-16(5-8-18)22-13-20(25)19-12-17(6-9-21(19)27-22)24-11-10-23-15(2)14-24/h4-9,12-13,15,23H,3,10-11,14H2,1-2H3/t15-/m1/s1. The molecule has 2 heterocycles. The fourth-order valence-corrected chi connectivity index (χ4v) is 3.53. The Hall–Kier alpha value is -2.79. The molecule has 0 spiro atoms. The van der Waals surface area contributed by atoms with Crippen LogP contribution < -0.4 is 20.4 Å². The van der Waals surface area contributed by atoms with Crippen LogP contribution in [-0.4, -0.2) is 32.3 Å². The molecule has 0 amide bonds. The molecule has 5 nitrogen and oxygen atoms in total. The first-order valence-electron chi connectivity index (χ1n) is 9.43. The number of fused-ring (bicyclic) bond motifs is 1. The number of ether oxygens (including phenoxy) is 1. The van der Waals surface area contributed by atoms with Crippen molar-refractivity contribution in [3.8, 4) is 17.1 Å². The van der Waals surface area contributed by atoms with Crippen LogP contribution in [0.3, 0.4) is 0 Å². The number of rotatable bonds is 4. The average Bonchev–Trinajstić information content (AvgIpc) is 2.68. The summed E-state index contributed by atoms with van der Waals surface area (Å²) in [6.07, 6.45) is 0. The summed E-state index contributed by atoms with van der Waals surface area (Å²) in [7, 11) is 0. The van der Waals surface area contributed by atoms with Gasteiger partial charge in [0.2, 0.25) is 0 Å². The summed E-state index contributed by atoms with van der Waals surface area (Å²) in [6, 6.07) is 15.5. The minimum atomic E-state index is -0.0230. The lowest BCUT2D eigenvalue weighted by Gasteiger charge is -2.33. The number of nitrogens with zero attached hydrogens (tertiary/aromatic N) is 1. The smallest absolute Gasteiger partial charge is 0.193 e. The van der Waals surface area contributed by atoms with Gasteiger partial charge in [-0.2, -0.15) is 0 Å². The van der Waals surface area contributed by atoms with Crippen molar-refractivity contribution < 1.29 is 9.15 Å². The van der Waals surface area contributed by atoms with E-state index in [0.717, 1.165) is 36.6 Å². The van der Waals surface area contributed by atoms with E-state index >= 15 is 0 Å². The van der Waals surface area contributed by atoms with Gasteiger partial charge in [0, 0.05) is 43.0 Å². The van der Waals surface area contributed by atoms with E-state index in [1.165, 1.54) is 0 Å². The predicted molar refractivity (Wildman–Crippen MR) is 109 cm³/mol. The summed E-state index contributed by atoms with van der Waals surface area (Å²) in [5.41, 5.74) is 2.51. The zero-order valence-corrected chi connectivity index (χ0v) is 15.7. The van der Waals surface area contributed by atoms with Gasteiger partial charge >= 0.3 is 0 Å². The molecule has 1 N–H and O–H groups in total. The summed E-state index contributed by atoms with van der Waals surface area (Å²) in [6.45, 7) is 7.56. The summed E-state index contributed by atoms with van der Waals surface area (Å²) in [4.78, 5) is 15.0. The van der Waals surface area contributed by atoms with Crippen LogP contribution in [0, 0.1) is 0 Å². The second kappa shape index (κ2) is 7.45. The number of nitrogens with one attached hydrogen (secondary N) is 1. The highest BCUT2D eigenvalue weighted by Gasteiger charge is 2.17. The number of hydrogen-bond acceptors (Lipinski definition) is 5. The molecule has 27 heavy (non-hydrogen) atoms. The van der Waals surface area contributed by atoms with Crippen LogP contribution in [0.25, 0.3) is 22.3 Å². The highest BCUT2D eigenvalue weighted by Crippen LogP contribution is 2.27. The number of benzene rings is 2. The lowest BCUT2D eigenvalue weighted by Crippen LogP contribution is -2.49. The minimum Gasteiger partial charge on any atom is -0.494 e. The Bertz CT molecular complexity index is 995. The van der Waals surface area contributed by atoms with Gasteiger partial charge in [0.1, 0.15) is 17.1 Å². The first-order chi connectivity index (χ1) is 13.1. The Morgan fingerprint density at radius 2 is 2.00 bits per heavy atom. The van der Waals surface area contributed by atoms with Gasteiger partial charge < -0.3 is 19.4 Å². The van der Waals surface area contributed by atoms with Gasteiger partial charge in [0.05, 0.1) is 12.0 Å². The monoisotopic (exact) mass is 364 g/mol. The molecule has 0 bridgehead atoms. The van der Waals surface area contributed by atoms with Crippen molar-refractivity contribution in [2.45, 2.75) is 19.9 Å². The van der Waals surface area contributed by atoms with E-state index in [1.54, 1.807) is 6.07 Å². The number of piperazine rings is 1.